The molecule has 20 heavy (non-hydrogen) atoms. The van der Waals surface area contributed by atoms with Crippen LogP contribution in [0.2, 0.25) is 0 Å². The third kappa shape index (κ3) is 3.50. The van der Waals surface area contributed by atoms with Gasteiger partial charge in [-0.3, -0.25) is 4.79 Å². The number of rotatable bonds is 5. The fourth-order valence-electron chi connectivity index (χ4n) is 2.42. The van der Waals surface area contributed by atoms with E-state index in [-0.39, 0.29) is 11.5 Å². The van der Waals surface area contributed by atoms with Gasteiger partial charge in [0.2, 0.25) is 5.91 Å². The average molecular weight is 276 g/mol. The molecule has 0 radical (unpaired) electrons. The molecule has 0 spiro atoms. The van der Waals surface area contributed by atoms with Gasteiger partial charge in [-0.25, -0.2) is 4.79 Å². The van der Waals surface area contributed by atoms with Crippen molar-refractivity contribution in [2.45, 2.75) is 26.2 Å². The van der Waals surface area contributed by atoms with Gasteiger partial charge in [-0.2, -0.15) is 0 Å². The first-order valence-electron chi connectivity index (χ1n) is 6.93. The Morgan fingerprint density at radius 3 is 2.65 bits per heavy atom. The van der Waals surface area contributed by atoms with E-state index in [1.165, 1.54) is 0 Å². The van der Waals surface area contributed by atoms with Crippen molar-refractivity contribution in [3.8, 4) is 0 Å². The molecule has 0 saturated carbocycles. The monoisotopic (exact) mass is 276 g/mol. The van der Waals surface area contributed by atoms with Crippen molar-refractivity contribution >= 4 is 17.6 Å². The molecule has 1 amide bonds. The Morgan fingerprint density at radius 1 is 1.30 bits per heavy atom. The van der Waals surface area contributed by atoms with Crippen molar-refractivity contribution in [3.05, 3.63) is 29.3 Å². The number of hydrogen-bond acceptors (Lipinski definition) is 3. The van der Waals surface area contributed by atoms with E-state index < -0.39 is 5.97 Å². The van der Waals surface area contributed by atoms with Crippen LogP contribution < -0.4 is 5.32 Å². The standard InChI is InChI=1S/C15H20N2O3/c1-11-4-5-12(15(19)20)13(10-11)16-7-6-14(18)17-8-2-3-9-17/h4-5,10,16H,2-3,6-9H2,1H3,(H,19,20). The minimum atomic E-state index is -0.960. The molecule has 2 rings (SSSR count). The normalized spacial score (nSPS) is 14.3. The number of anilines is 1. The van der Waals surface area contributed by atoms with E-state index in [0.717, 1.165) is 31.5 Å². The summed E-state index contributed by atoms with van der Waals surface area (Å²) in [6.45, 7) is 4.07. The number of carboxylic acids is 1. The van der Waals surface area contributed by atoms with Crippen molar-refractivity contribution in [1.82, 2.24) is 4.90 Å². The van der Waals surface area contributed by atoms with Crippen molar-refractivity contribution in [2.24, 2.45) is 0 Å². The Morgan fingerprint density at radius 2 is 2.00 bits per heavy atom. The fourth-order valence-corrected chi connectivity index (χ4v) is 2.42. The number of likely N-dealkylation sites (tertiary alicyclic amines) is 1. The van der Waals surface area contributed by atoms with Gasteiger partial charge < -0.3 is 15.3 Å². The van der Waals surface area contributed by atoms with E-state index in [1.807, 2.05) is 11.8 Å². The second-order valence-electron chi connectivity index (χ2n) is 5.12. The van der Waals surface area contributed by atoms with Crippen LogP contribution in [0, 0.1) is 6.92 Å². The number of amides is 1. The molecule has 5 heteroatoms. The summed E-state index contributed by atoms with van der Waals surface area (Å²) < 4.78 is 0. The quantitative estimate of drug-likeness (QED) is 0.864. The number of nitrogens with one attached hydrogen (secondary N) is 1. The maximum absolute atomic E-state index is 11.9. The second kappa shape index (κ2) is 6.41. The predicted molar refractivity (Wildman–Crippen MR) is 77.1 cm³/mol. The van der Waals surface area contributed by atoms with E-state index in [4.69, 9.17) is 5.11 Å². The molecule has 2 N–H and O–H groups in total. The largest absolute Gasteiger partial charge is 0.478 e. The van der Waals surface area contributed by atoms with Gasteiger partial charge in [0.1, 0.15) is 0 Å². The highest BCUT2D eigenvalue weighted by Crippen LogP contribution is 2.18. The Hall–Kier alpha value is -2.04. The molecule has 0 aromatic heterocycles. The van der Waals surface area contributed by atoms with Crippen LogP contribution in [-0.2, 0) is 4.79 Å². The average Bonchev–Trinajstić information content (AvgIpc) is 2.92. The third-order valence-electron chi connectivity index (χ3n) is 3.52. The lowest BCUT2D eigenvalue weighted by Gasteiger charge is -2.16. The van der Waals surface area contributed by atoms with Crippen LogP contribution in [0.25, 0.3) is 0 Å². The molecule has 108 valence electrons. The lowest BCUT2D eigenvalue weighted by atomic mass is 10.1. The number of carboxylic acid groups (broad SMARTS) is 1. The maximum atomic E-state index is 11.9. The summed E-state index contributed by atoms with van der Waals surface area (Å²) in [4.78, 5) is 24.9. The maximum Gasteiger partial charge on any atom is 0.337 e. The topological polar surface area (TPSA) is 69.6 Å². The molecule has 1 fully saturated rings. The molecule has 1 aromatic rings. The van der Waals surface area contributed by atoms with Crippen LogP contribution in [-0.4, -0.2) is 41.5 Å². The Kier molecular flexibility index (Phi) is 4.61. The number of carbonyl (C=O) groups excluding carboxylic acids is 1. The van der Waals surface area contributed by atoms with Crippen LogP contribution in [0.1, 0.15) is 35.2 Å². The highest BCUT2D eigenvalue weighted by Gasteiger charge is 2.17. The zero-order valence-corrected chi connectivity index (χ0v) is 11.7. The molecular weight excluding hydrogens is 256 g/mol. The third-order valence-corrected chi connectivity index (χ3v) is 3.52. The van der Waals surface area contributed by atoms with Gasteiger partial charge in [0.25, 0.3) is 0 Å². The molecule has 1 heterocycles. The second-order valence-corrected chi connectivity index (χ2v) is 5.12. The molecule has 0 atom stereocenters. The minimum absolute atomic E-state index is 0.138. The highest BCUT2D eigenvalue weighted by atomic mass is 16.4. The Labute approximate surface area is 118 Å². The lowest BCUT2D eigenvalue weighted by Crippen LogP contribution is -2.29. The van der Waals surface area contributed by atoms with Crippen molar-refractivity contribution in [2.75, 3.05) is 25.0 Å². The number of aryl methyl sites for hydroxylation is 1. The molecule has 1 aliphatic heterocycles. The predicted octanol–water partition coefficient (Wildman–Crippen LogP) is 2.12. The number of nitrogens with zero attached hydrogens (tertiary/aromatic N) is 1. The molecule has 1 aliphatic rings. The van der Waals surface area contributed by atoms with E-state index >= 15 is 0 Å². The van der Waals surface area contributed by atoms with E-state index in [2.05, 4.69) is 5.32 Å². The Bertz CT molecular complexity index is 508. The molecule has 0 bridgehead atoms. The van der Waals surface area contributed by atoms with E-state index in [0.29, 0.717) is 18.7 Å². The van der Waals surface area contributed by atoms with Gasteiger partial charge in [-0.1, -0.05) is 6.07 Å². The highest BCUT2D eigenvalue weighted by molar-refractivity contribution is 5.94. The smallest absolute Gasteiger partial charge is 0.337 e. The van der Waals surface area contributed by atoms with Crippen LogP contribution in [0.4, 0.5) is 5.69 Å². The summed E-state index contributed by atoms with van der Waals surface area (Å²) >= 11 is 0. The van der Waals surface area contributed by atoms with Crippen molar-refractivity contribution in [1.29, 1.82) is 0 Å². The summed E-state index contributed by atoms with van der Waals surface area (Å²) in [5.41, 5.74) is 1.80. The number of aromatic carboxylic acids is 1. The summed E-state index contributed by atoms with van der Waals surface area (Å²) in [5, 5.41) is 12.2. The zero-order valence-electron chi connectivity index (χ0n) is 11.7. The molecule has 1 saturated heterocycles. The van der Waals surface area contributed by atoms with E-state index in [9.17, 15) is 9.59 Å². The number of benzene rings is 1. The van der Waals surface area contributed by atoms with E-state index in [1.54, 1.807) is 18.2 Å². The first-order chi connectivity index (χ1) is 9.58. The minimum Gasteiger partial charge on any atom is -0.478 e. The summed E-state index contributed by atoms with van der Waals surface area (Å²) in [5.74, 6) is -0.821. The molecule has 0 unspecified atom stereocenters. The fraction of sp³-hybridized carbons (Fsp3) is 0.467. The first kappa shape index (κ1) is 14.4. The molecular formula is C15H20N2O3. The van der Waals surface area contributed by atoms with Crippen LogP contribution in [0.15, 0.2) is 18.2 Å². The molecule has 5 nitrogen and oxygen atoms in total. The number of hydrogen-bond donors (Lipinski definition) is 2. The van der Waals surface area contributed by atoms with Crippen molar-refractivity contribution in [3.63, 3.8) is 0 Å². The van der Waals surface area contributed by atoms with Crippen LogP contribution in [0.5, 0.6) is 0 Å². The van der Waals surface area contributed by atoms with Gasteiger partial charge in [-0.05, 0) is 37.5 Å². The van der Waals surface area contributed by atoms with Crippen LogP contribution >= 0.6 is 0 Å². The number of carbonyl (C=O) groups is 2. The van der Waals surface area contributed by atoms with Crippen LogP contribution in [0.3, 0.4) is 0 Å². The molecule has 0 aliphatic carbocycles. The molecule has 1 aromatic carbocycles. The van der Waals surface area contributed by atoms with Gasteiger partial charge in [0, 0.05) is 31.7 Å². The summed E-state index contributed by atoms with van der Waals surface area (Å²) in [6.07, 6.45) is 2.56. The first-order valence-corrected chi connectivity index (χ1v) is 6.93. The van der Waals surface area contributed by atoms with Crippen molar-refractivity contribution < 1.29 is 14.7 Å². The Balaban J connectivity index is 1.91. The summed E-state index contributed by atoms with van der Waals surface area (Å²) in [7, 11) is 0. The van der Waals surface area contributed by atoms with Gasteiger partial charge in [0.05, 0.1) is 5.56 Å². The zero-order chi connectivity index (χ0) is 14.5. The van der Waals surface area contributed by atoms with Gasteiger partial charge in [-0.15, -0.1) is 0 Å². The van der Waals surface area contributed by atoms with Gasteiger partial charge in [0.15, 0.2) is 0 Å². The van der Waals surface area contributed by atoms with Gasteiger partial charge >= 0.3 is 5.97 Å². The lowest BCUT2D eigenvalue weighted by molar-refractivity contribution is -0.129. The summed E-state index contributed by atoms with van der Waals surface area (Å²) in [6, 6.07) is 5.15. The SMILES string of the molecule is Cc1ccc(C(=O)O)c(NCCC(=O)N2CCCC2)c1.